The van der Waals surface area contributed by atoms with Crippen molar-refractivity contribution in [1.29, 1.82) is 0 Å². The molecule has 9 heteroatoms. The number of hydrogen-bond donors (Lipinski definition) is 0. The summed E-state index contributed by atoms with van der Waals surface area (Å²) in [5, 5.41) is 1.08. The fourth-order valence-electron chi connectivity index (χ4n) is 4.96. The Morgan fingerprint density at radius 3 is 2.74 bits per heavy atom. The number of imidazole rings is 1. The molecule has 4 heterocycles. The Balaban J connectivity index is 1.30. The Morgan fingerprint density at radius 2 is 1.92 bits per heavy atom. The van der Waals surface area contributed by atoms with Crippen LogP contribution in [-0.2, 0) is 19.6 Å². The first kappa shape index (κ1) is 25.6. The summed E-state index contributed by atoms with van der Waals surface area (Å²) in [6.45, 7) is 6.35. The first-order valence-corrected chi connectivity index (χ1v) is 13.4. The number of benzene rings is 1. The van der Waals surface area contributed by atoms with Gasteiger partial charge >= 0.3 is 6.03 Å². The van der Waals surface area contributed by atoms with Crippen molar-refractivity contribution < 1.29 is 14.3 Å². The van der Waals surface area contributed by atoms with E-state index in [9.17, 15) is 4.79 Å². The van der Waals surface area contributed by atoms with Crippen molar-refractivity contribution in [3.8, 4) is 11.5 Å². The maximum atomic E-state index is 13.6. The molecule has 0 saturated carbocycles. The van der Waals surface area contributed by atoms with Gasteiger partial charge in [-0.3, -0.25) is 4.90 Å². The van der Waals surface area contributed by atoms with Gasteiger partial charge in [-0.25, -0.2) is 14.8 Å². The van der Waals surface area contributed by atoms with Crippen molar-refractivity contribution >= 4 is 22.8 Å². The SMILES string of the molecule is CCCCCOc1cc(N2CCCN(Cc3ccnc4c3ccn4CCn3ccnc3)C2=O)ccc1OC. The number of urea groups is 1. The van der Waals surface area contributed by atoms with Crippen molar-refractivity contribution in [2.24, 2.45) is 0 Å². The number of aryl methyl sites for hydroxylation is 2. The Bertz CT molecular complexity index is 1350. The van der Waals surface area contributed by atoms with Crippen LogP contribution in [0.2, 0.25) is 0 Å². The molecule has 1 aliphatic rings. The zero-order chi connectivity index (χ0) is 26.3. The third-order valence-electron chi connectivity index (χ3n) is 7.05. The van der Waals surface area contributed by atoms with E-state index in [2.05, 4.69) is 38.3 Å². The van der Waals surface area contributed by atoms with E-state index in [-0.39, 0.29) is 6.03 Å². The number of ether oxygens (including phenoxy) is 2. The summed E-state index contributed by atoms with van der Waals surface area (Å²) in [5.41, 5.74) is 2.86. The zero-order valence-corrected chi connectivity index (χ0v) is 22.3. The van der Waals surface area contributed by atoms with Gasteiger partial charge in [0.1, 0.15) is 5.65 Å². The van der Waals surface area contributed by atoms with Crippen LogP contribution in [0.5, 0.6) is 11.5 Å². The number of methoxy groups -OCH3 is 1. The van der Waals surface area contributed by atoms with Gasteiger partial charge in [0.2, 0.25) is 0 Å². The molecular weight excluding hydrogens is 480 g/mol. The van der Waals surface area contributed by atoms with E-state index in [1.165, 1.54) is 0 Å². The molecule has 0 unspecified atom stereocenters. The summed E-state index contributed by atoms with van der Waals surface area (Å²) in [6, 6.07) is 9.87. The average molecular weight is 517 g/mol. The fourth-order valence-corrected chi connectivity index (χ4v) is 4.96. The summed E-state index contributed by atoms with van der Waals surface area (Å²) in [7, 11) is 1.64. The van der Waals surface area contributed by atoms with Crippen molar-refractivity contribution in [1.82, 2.24) is 24.0 Å². The highest BCUT2D eigenvalue weighted by Gasteiger charge is 2.28. The summed E-state index contributed by atoms with van der Waals surface area (Å²) >= 11 is 0. The minimum absolute atomic E-state index is 0.00264. The van der Waals surface area contributed by atoms with E-state index in [1.807, 2.05) is 52.8 Å². The van der Waals surface area contributed by atoms with E-state index in [0.29, 0.717) is 31.2 Å². The van der Waals surface area contributed by atoms with Crippen LogP contribution in [0.4, 0.5) is 10.5 Å². The third-order valence-corrected chi connectivity index (χ3v) is 7.05. The second kappa shape index (κ2) is 12.0. The van der Waals surface area contributed by atoms with Crippen LogP contribution in [0.15, 0.2) is 61.4 Å². The number of nitrogens with zero attached hydrogens (tertiary/aromatic N) is 6. The molecular formula is C29H36N6O3. The maximum absolute atomic E-state index is 13.6. The molecule has 0 atom stereocenters. The van der Waals surface area contributed by atoms with Crippen LogP contribution in [0.25, 0.3) is 11.0 Å². The van der Waals surface area contributed by atoms with E-state index >= 15 is 0 Å². The number of anilines is 1. The van der Waals surface area contributed by atoms with Crippen molar-refractivity contribution in [3.05, 3.63) is 67.0 Å². The molecule has 4 aromatic rings. The molecule has 5 rings (SSSR count). The highest BCUT2D eigenvalue weighted by molar-refractivity contribution is 5.93. The molecule has 1 fully saturated rings. The lowest BCUT2D eigenvalue weighted by Crippen LogP contribution is -2.49. The van der Waals surface area contributed by atoms with Crippen LogP contribution >= 0.6 is 0 Å². The van der Waals surface area contributed by atoms with Crippen LogP contribution in [0.3, 0.4) is 0 Å². The van der Waals surface area contributed by atoms with Gasteiger partial charge in [-0.2, -0.15) is 0 Å². The smallest absolute Gasteiger partial charge is 0.324 e. The highest BCUT2D eigenvalue weighted by Crippen LogP contribution is 2.33. The third kappa shape index (κ3) is 5.61. The van der Waals surface area contributed by atoms with E-state index in [0.717, 1.165) is 67.6 Å². The van der Waals surface area contributed by atoms with Crippen LogP contribution in [-0.4, -0.2) is 56.8 Å². The van der Waals surface area contributed by atoms with Crippen molar-refractivity contribution in [2.45, 2.75) is 52.2 Å². The summed E-state index contributed by atoms with van der Waals surface area (Å²) in [6.07, 6.45) is 13.6. The van der Waals surface area contributed by atoms with E-state index < -0.39 is 0 Å². The number of fused-ring (bicyclic) bond motifs is 1. The number of hydrogen-bond acceptors (Lipinski definition) is 5. The first-order valence-electron chi connectivity index (χ1n) is 13.4. The van der Waals surface area contributed by atoms with Gasteiger partial charge in [-0.1, -0.05) is 19.8 Å². The van der Waals surface area contributed by atoms with E-state index in [1.54, 1.807) is 13.3 Å². The molecule has 1 aromatic carbocycles. The number of amides is 2. The summed E-state index contributed by atoms with van der Waals surface area (Å²) < 4.78 is 15.7. The topological polar surface area (TPSA) is 77.7 Å². The van der Waals surface area contributed by atoms with E-state index in [4.69, 9.17) is 9.47 Å². The van der Waals surface area contributed by atoms with Crippen molar-refractivity contribution in [3.63, 3.8) is 0 Å². The Labute approximate surface area is 223 Å². The molecule has 0 bridgehead atoms. The molecule has 38 heavy (non-hydrogen) atoms. The van der Waals surface area contributed by atoms with Crippen LogP contribution in [0, 0.1) is 0 Å². The average Bonchev–Trinajstić information content (AvgIpc) is 3.61. The van der Waals surface area contributed by atoms with Gasteiger partial charge < -0.3 is 23.5 Å². The molecule has 3 aromatic heterocycles. The predicted octanol–water partition coefficient (Wildman–Crippen LogP) is 5.34. The lowest BCUT2D eigenvalue weighted by atomic mass is 10.1. The fraction of sp³-hybridized carbons (Fsp3) is 0.414. The Kier molecular flexibility index (Phi) is 8.11. The minimum Gasteiger partial charge on any atom is -0.493 e. The van der Waals surface area contributed by atoms with Gasteiger partial charge in [0.25, 0.3) is 0 Å². The lowest BCUT2D eigenvalue weighted by Gasteiger charge is -2.36. The molecule has 9 nitrogen and oxygen atoms in total. The number of rotatable bonds is 12. The quantitative estimate of drug-likeness (QED) is 0.238. The number of carbonyl (C=O) groups is 1. The number of unbranched alkanes of at least 4 members (excludes halogenated alkanes) is 2. The number of aromatic nitrogens is 4. The highest BCUT2D eigenvalue weighted by atomic mass is 16.5. The molecule has 0 radical (unpaired) electrons. The molecule has 0 aliphatic carbocycles. The van der Waals surface area contributed by atoms with Gasteiger partial charge in [0.05, 0.1) is 20.0 Å². The minimum atomic E-state index is 0.00264. The van der Waals surface area contributed by atoms with Gasteiger partial charge in [-0.15, -0.1) is 0 Å². The maximum Gasteiger partial charge on any atom is 0.324 e. The second-order valence-corrected chi connectivity index (χ2v) is 9.62. The molecule has 200 valence electrons. The van der Waals surface area contributed by atoms with Crippen molar-refractivity contribution in [2.75, 3.05) is 31.7 Å². The number of carbonyl (C=O) groups excluding carboxylic acids is 1. The molecule has 2 amide bonds. The van der Waals surface area contributed by atoms with Gasteiger partial charge in [0, 0.05) is 74.7 Å². The molecule has 0 N–H and O–H groups in total. The largest absolute Gasteiger partial charge is 0.493 e. The summed E-state index contributed by atoms with van der Waals surface area (Å²) in [5.74, 6) is 1.36. The van der Waals surface area contributed by atoms with Gasteiger partial charge in [-0.05, 0) is 42.7 Å². The monoisotopic (exact) mass is 516 g/mol. The molecule has 1 saturated heterocycles. The normalized spacial score (nSPS) is 13.9. The van der Waals surface area contributed by atoms with Gasteiger partial charge in [0.15, 0.2) is 11.5 Å². The Hall–Kier alpha value is -4.01. The standard InChI is InChI=1S/C29H36N6O3/c1-3-4-5-19-38-27-20-24(7-8-26(27)37-2)35-14-6-13-34(29(35)36)21-23-9-11-31-28-25(23)10-15-33(28)18-17-32-16-12-30-22-32/h7-12,15-16,20,22H,3-6,13-14,17-19,21H2,1-2H3. The number of pyridine rings is 1. The second-order valence-electron chi connectivity index (χ2n) is 9.62. The lowest BCUT2D eigenvalue weighted by molar-refractivity contribution is 0.192. The Morgan fingerprint density at radius 1 is 1.00 bits per heavy atom. The predicted molar refractivity (Wildman–Crippen MR) is 148 cm³/mol. The molecule has 0 spiro atoms. The zero-order valence-electron chi connectivity index (χ0n) is 22.3. The van der Waals surface area contributed by atoms with Crippen LogP contribution < -0.4 is 14.4 Å². The first-order chi connectivity index (χ1) is 18.7. The summed E-state index contributed by atoms with van der Waals surface area (Å²) in [4.78, 5) is 26.1. The molecule has 1 aliphatic heterocycles. The van der Waals surface area contributed by atoms with Crippen LogP contribution in [0.1, 0.15) is 38.2 Å².